The molecule has 0 aliphatic rings. The van der Waals surface area contributed by atoms with Gasteiger partial charge in [-0.3, -0.25) is 5.32 Å². The summed E-state index contributed by atoms with van der Waals surface area (Å²) in [5.74, 6) is 0. The summed E-state index contributed by atoms with van der Waals surface area (Å²) in [6, 6.07) is 16.4. The minimum absolute atomic E-state index is 0.190. The van der Waals surface area contributed by atoms with Crippen LogP contribution >= 0.6 is 11.3 Å². The molecule has 160 valence electrons. The van der Waals surface area contributed by atoms with Crippen LogP contribution in [0.3, 0.4) is 0 Å². The second-order valence-corrected chi connectivity index (χ2v) is 9.71. The Kier molecular flexibility index (Phi) is 5.54. The number of fused-ring (bicyclic) bond motifs is 1. The van der Waals surface area contributed by atoms with Crippen molar-refractivity contribution in [3.8, 4) is 5.69 Å². The molecule has 0 radical (unpaired) electrons. The Bertz CT molecular complexity index is 1180. The molecule has 0 aliphatic heterocycles. The molecule has 6 nitrogen and oxygen atoms in total. The van der Waals surface area contributed by atoms with Crippen molar-refractivity contribution in [3.63, 3.8) is 0 Å². The molecule has 4 rings (SSSR count). The van der Waals surface area contributed by atoms with Gasteiger partial charge in [-0.15, -0.1) is 11.3 Å². The van der Waals surface area contributed by atoms with Crippen LogP contribution in [0.4, 0.5) is 9.93 Å². The summed E-state index contributed by atoms with van der Waals surface area (Å²) >= 11 is 1.40. The maximum atomic E-state index is 12.3. The van der Waals surface area contributed by atoms with E-state index in [-0.39, 0.29) is 16.9 Å². The molecule has 0 aliphatic carbocycles. The maximum Gasteiger partial charge on any atom is 0.321 e. The molecule has 2 N–H and O–H groups in total. The fourth-order valence-corrected chi connectivity index (χ4v) is 4.06. The monoisotopic (exact) mass is 433 g/mol. The van der Waals surface area contributed by atoms with Crippen molar-refractivity contribution in [2.75, 3.05) is 11.9 Å². The molecule has 31 heavy (non-hydrogen) atoms. The zero-order valence-corrected chi connectivity index (χ0v) is 19.0. The molecule has 2 heterocycles. The fourth-order valence-electron chi connectivity index (χ4n) is 3.54. The number of hydrogen-bond acceptors (Lipinski definition) is 4. The van der Waals surface area contributed by atoms with Crippen LogP contribution in [0, 0.1) is 5.41 Å². The molecule has 0 saturated carbocycles. The Balaban J connectivity index is 1.53. The number of urea groups is 1. The van der Waals surface area contributed by atoms with Crippen LogP contribution < -0.4 is 10.6 Å². The molecule has 2 aromatic carbocycles. The highest BCUT2D eigenvalue weighted by molar-refractivity contribution is 7.13. The highest BCUT2D eigenvalue weighted by Crippen LogP contribution is 2.41. The van der Waals surface area contributed by atoms with Gasteiger partial charge < -0.3 is 5.32 Å². The van der Waals surface area contributed by atoms with E-state index in [1.807, 2.05) is 34.5 Å². The van der Waals surface area contributed by atoms with Gasteiger partial charge in [0.2, 0.25) is 0 Å². The number of para-hydroxylation sites is 1. The number of amides is 2. The SMILES string of the molecule is CC(C)(CNC(=O)Nc1nccs1)C(C)(C)c1ccc2c(cnn2-c2ccccc2)c1. The fraction of sp³-hybridized carbons (Fsp3) is 0.292. The van der Waals surface area contributed by atoms with E-state index in [1.165, 1.54) is 16.9 Å². The summed E-state index contributed by atoms with van der Waals surface area (Å²) in [4.78, 5) is 16.4. The van der Waals surface area contributed by atoms with Crippen LogP contribution in [0.5, 0.6) is 0 Å². The van der Waals surface area contributed by atoms with Crippen molar-refractivity contribution in [3.05, 3.63) is 71.9 Å². The third-order valence-electron chi connectivity index (χ3n) is 6.33. The molecule has 7 heteroatoms. The summed E-state index contributed by atoms with van der Waals surface area (Å²) in [5, 5.41) is 13.9. The van der Waals surface area contributed by atoms with E-state index in [4.69, 9.17) is 0 Å². The topological polar surface area (TPSA) is 71.8 Å². The first-order valence-corrected chi connectivity index (χ1v) is 11.1. The van der Waals surface area contributed by atoms with Crippen LogP contribution in [0.1, 0.15) is 33.3 Å². The molecular weight excluding hydrogens is 406 g/mol. The van der Waals surface area contributed by atoms with Gasteiger partial charge in [0, 0.05) is 23.5 Å². The van der Waals surface area contributed by atoms with Crippen molar-refractivity contribution >= 4 is 33.4 Å². The van der Waals surface area contributed by atoms with E-state index < -0.39 is 0 Å². The number of nitrogens with zero attached hydrogens (tertiary/aromatic N) is 3. The van der Waals surface area contributed by atoms with Crippen molar-refractivity contribution in [1.29, 1.82) is 0 Å². The lowest BCUT2D eigenvalue weighted by atomic mass is 9.64. The number of aromatic nitrogens is 3. The normalized spacial score (nSPS) is 12.1. The zero-order valence-electron chi connectivity index (χ0n) is 18.2. The van der Waals surface area contributed by atoms with E-state index in [0.29, 0.717) is 11.7 Å². The lowest BCUT2D eigenvalue weighted by molar-refractivity contribution is 0.189. The largest absolute Gasteiger partial charge is 0.337 e. The van der Waals surface area contributed by atoms with Gasteiger partial charge in [0.05, 0.1) is 17.4 Å². The number of benzene rings is 2. The summed E-state index contributed by atoms with van der Waals surface area (Å²) in [6.45, 7) is 9.31. The van der Waals surface area contributed by atoms with Crippen LogP contribution in [-0.4, -0.2) is 27.3 Å². The van der Waals surface area contributed by atoms with Gasteiger partial charge in [0.25, 0.3) is 0 Å². The second-order valence-electron chi connectivity index (χ2n) is 8.82. The number of hydrogen-bond donors (Lipinski definition) is 2. The Labute approximate surface area is 186 Å². The van der Waals surface area contributed by atoms with Crippen LogP contribution in [0.2, 0.25) is 0 Å². The second kappa shape index (κ2) is 8.15. The van der Waals surface area contributed by atoms with Crippen LogP contribution in [0.25, 0.3) is 16.6 Å². The molecule has 2 aromatic heterocycles. The highest BCUT2D eigenvalue weighted by Gasteiger charge is 2.38. The Morgan fingerprint density at radius 2 is 1.87 bits per heavy atom. The lowest BCUT2D eigenvalue weighted by Gasteiger charge is -2.42. The Morgan fingerprint density at radius 1 is 1.10 bits per heavy atom. The van der Waals surface area contributed by atoms with Gasteiger partial charge >= 0.3 is 6.03 Å². The smallest absolute Gasteiger partial charge is 0.321 e. The molecule has 0 bridgehead atoms. The number of anilines is 1. The van der Waals surface area contributed by atoms with E-state index in [1.54, 1.807) is 6.20 Å². The standard InChI is InChI=1S/C24H27N5OS/c1-23(2,16-26-21(30)28-22-25-12-13-31-22)24(3,4)18-10-11-20-17(14-18)15-27-29(20)19-8-6-5-7-9-19/h5-15H,16H2,1-4H3,(H2,25,26,28,30). The van der Waals surface area contributed by atoms with Gasteiger partial charge in [0.1, 0.15) is 0 Å². The van der Waals surface area contributed by atoms with Gasteiger partial charge in [-0.05, 0) is 40.7 Å². The van der Waals surface area contributed by atoms with Crippen LogP contribution in [-0.2, 0) is 5.41 Å². The predicted molar refractivity (Wildman–Crippen MR) is 127 cm³/mol. The van der Waals surface area contributed by atoms with E-state index in [2.05, 4.69) is 78.7 Å². The number of nitrogens with one attached hydrogen (secondary N) is 2. The van der Waals surface area contributed by atoms with Crippen molar-refractivity contribution in [2.45, 2.75) is 33.1 Å². The minimum Gasteiger partial charge on any atom is -0.337 e. The highest BCUT2D eigenvalue weighted by atomic mass is 32.1. The van der Waals surface area contributed by atoms with Gasteiger partial charge in [0.15, 0.2) is 5.13 Å². The number of carbonyl (C=O) groups is 1. The molecule has 2 amide bonds. The van der Waals surface area contributed by atoms with E-state index >= 15 is 0 Å². The third kappa shape index (κ3) is 4.18. The average molecular weight is 434 g/mol. The first-order valence-electron chi connectivity index (χ1n) is 10.3. The zero-order chi connectivity index (χ0) is 22.1. The Hall–Kier alpha value is -3.19. The number of thiazole rings is 1. The first-order chi connectivity index (χ1) is 14.8. The van der Waals surface area contributed by atoms with Gasteiger partial charge in [-0.25, -0.2) is 14.5 Å². The maximum absolute atomic E-state index is 12.3. The molecule has 0 spiro atoms. The van der Waals surface area contributed by atoms with E-state index in [0.717, 1.165) is 16.6 Å². The van der Waals surface area contributed by atoms with Gasteiger partial charge in [-0.1, -0.05) is 52.0 Å². The molecule has 0 atom stereocenters. The number of rotatable bonds is 6. The average Bonchev–Trinajstić information content (AvgIpc) is 3.42. The number of carbonyl (C=O) groups excluding carboxylic acids is 1. The molecule has 0 saturated heterocycles. The van der Waals surface area contributed by atoms with Gasteiger partial charge in [-0.2, -0.15) is 5.10 Å². The van der Waals surface area contributed by atoms with Crippen molar-refractivity contribution < 1.29 is 4.79 Å². The summed E-state index contributed by atoms with van der Waals surface area (Å²) in [6.07, 6.45) is 3.58. The van der Waals surface area contributed by atoms with E-state index in [9.17, 15) is 4.79 Å². The molecular formula is C24H27N5OS. The molecule has 0 unspecified atom stereocenters. The summed E-state index contributed by atoms with van der Waals surface area (Å²) in [7, 11) is 0. The minimum atomic E-state index is -0.238. The first kappa shape index (κ1) is 21.1. The summed E-state index contributed by atoms with van der Waals surface area (Å²) in [5.41, 5.74) is 2.94. The predicted octanol–water partition coefficient (Wildman–Crippen LogP) is 5.61. The van der Waals surface area contributed by atoms with Crippen molar-refractivity contribution in [1.82, 2.24) is 20.1 Å². The van der Waals surface area contributed by atoms with Crippen molar-refractivity contribution in [2.24, 2.45) is 5.41 Å². The van der Waals surface area contributed by atoms with Crippen LogP contribution in [0.15, 0.2) is 66.3 Å². The third-order valence-corrected chi connectivity index (χ3v) is 7.01. The molecule has 4 aromatic rings. The molecule has 0 fully saturated rings. The summed E-state index contributed by atoms with van der Waals surface area (Å²) < 4.78 is 1.96. The quantitative estimate of drug-likeness (QED) is 0.415. The Morgan fingerprint density at radius 3 is 2.58 bits per heavy atom. The lowest BCUT2D eigenvalue weighted by Crippen LogP contribution is -2.46.